The van der Waals surface area contributed by atoms with Crippen LogP contribution in [0.4, 0.5) is 5.95 Å². The maximum absolute atomic E-state index is 16.2. The number of nitrogens with two attached hydrogens (primary N) is 4. The highest BCUT2D eigenvalue weighted by molar-refractivity contribution is 7.99. The zero-order valence-electron chi connectivity index (χ0n) is 57.8. The first-order valence-corrected chi connectivity index (χ1v) is 35.2. The zero-order valence-corrected chi connectivity index (χ0v) is 60.1. The molecule has 0 saturated carbocycles. The number of hydrogen-bond acceptors (Lipinski definition) is 29. The highest BCUT2D eigenvalue weighted by Gasteiger charge is 2.52. The van der Waals surface area contributed by atoms with Gasteiger partial charge in [-0.3, -0.25) is 39.0 Å². The number of nitrogens with zero attached hydrogens (tertiary/aromatic N) is 3. The highest BCUT2D eigenvalue weighted by Crippen LogP contribution is 2.50. The van der Waals surface area contributed by atoms with Gasteiger partial charge in [0.2, 0.25) is 58.5 Å². The number of aromatic hydroxyl groups is 3. The number of primary amides is 1. The van der Waals surface area contributed by atoms with Crippen molar-refractivity contribution in [3.8, 4) is 57.1 Å². The fourth-order valence-corrected chi connectivity index (χ4v) is 14.5. The summed E-state index contributed by atoms with van der Waals surface area (Å²) in [6.07, 6.45) is -18.4. The van der Waals surface area contributed by atoms with Crippen molar-refractivity contribution in [1.82, 2.24) is 46.8 Å². The number of anilines is 1. The number of rotatable bonds is 15. The number of phenols is 3. The van der Waals surface area contributed by atoms with E-state index in [1.54, 1.807) is 6.92 Å². The van der Waals surface area contributed by atoms with Gasteiger partial charge in [0.1, 0.15) is 83.4 Å². The summed E-state index contributed by atoms with van der Waals surface area (Å²) in [4.78, 5) is 117. The average Bonchev–Trinajstić information content (AvgIpc) is 0.850. The molecule has 8 heterocycles. The van der Waals surface area contributed by atoms with Crippen LogP contribution in [-0.4, -0.2) is 187 Å². The molecule has 0 aliphatic carbocycles. The summed E-state index contributed by atoms with van der Waals surface area (Å²) in [5.41, 5.74) is 10.4. The third-order valence-corrected chi connectivity index (χ3v) is 20.3. The van der Waals surface area contributed by atoms with Crippen LogP contribution in [-0.2, 0) is 52.6 Å². The number of carboxylic acid groups (broad SMARTS) is 1. The number of aromatic nitrogens is 3. The van der Waals surface area contributed by atoms with Crippen molar-refractivity contribution >= 4 is 88.2 Å². The summed E-state index contributed by atoms with van der Waals surface area (Å²) in [6, 6.07) is 0.389. The Morgan fingerprint density at radius 1 is 0.741 bits per heavy atom. The van der Waals surface area contributed by atoms with E-state index in [-0.39, 0.29) is 63.1 Å². The van der Waals surface area contributed by atoms with Crippen molar-refractivity contribution in [2.45, 2.75) is 162 Å². The molecule has 7 aliphatic heterocycles. The molecule has 13 rings (SSSR count). The van der Waals surface area contributed by atoms with E-state index in [1.165, 1.54) is 26.0 Å². The Labute approximate surface area is 627 Å². The SMILES string of the molecule is CC(C)C[C@@H](C)C(=O)N[C@H]1C(=O)N[C@@H](CC(N)=O)C(=O)N[C@H]2C(=O)NC3C(=O)N[C@H](C(=O)N[C@@H](C(=O)O)c4cc(O)cc(O)c4-c4cc3ccc4O)[C@H](O)c3ccc(c(Cl)c3)Oc3cc2cc(c3OC2OC(CSc3nnc(NN)n3N)C(O)C(O)C2OC2CC(C)(N)C(O)C(C)O2)Oc2ccc(cc2Cl)[C@H]1O. The van der Waals surface area contributed by atoms with E-state index in [0.29, 0.717) is 0 Å². The number of nitrogens with one attached hydrogen (secondary N) is 7. The van der Waals surface area contributed by atoms with E-state index in [2.05, 4.69) is 47.5 Å². The van der Waals surface area contributed by atoms with Crippen LogP contribution in [0.15, 0.2) is 84.0 Å². The molecule has 5 aromatic carbocycles. The molecule has 1 aromatic heterocycles. The molecule has 108 heavy (non-hydrogen) atoms. The predicted molar refractivity (Wildman–Crippen MR) is 377 cm³/mol. The minimum Gasteiger partial charge on any atom is -0.508 e. The van der Waals surface area contributed by atoms with Gasteiger partial charge in [0.15, 0.2) is 29.9 Å². The first-order chi connectivity index (χ1) is 51.0. The van der Waals surface area contributed by atoms with Gasteiger partial charge < -0.3 is 124 Å². The number of ether oxygens (including phenoxy) is 6. The maximum Gasteiger partial charge on any atom is 0.330 e. The Balaban J connectivity index is 1.16. The Bertz CT molecular complexity index is 4520. The number of aliphatic hydroxyl groups excluding tert-OH is 5. The molecule has 2 saturated heterocycles. The molecule has 0 spiro atoms. The first kappa shape index (κ1) is 79.0. The fourth-order valence-electron chi connectivity index (χ4n) is 13.1. The number of hydrazine groups is 1. The molecule has 2 fully saturated rings. The minimum absolute atomic E-state index is 0.0114. The van der Waals surface area contributed by atoms with Crippen molar-refractivity contribution in [1.29, 1.82) is 0 Å². The van der Waals surface area contributed by atoms with E-state index in [0.717, 1.165) is 83.2 Å². The molecule has 7 amide bonds. The number of phenolic OH excluding ortho intramolecular Hbond substituents is 3. The molecule has 24 N–H and O–H groups in total. The van der Waals surface area contributed by atoms with Gasteiger partial charge in [-0.05, 0) is 103 Å². The Morgan fingerprint density at radius 2 is 1.36 bits per heavy atom. The molecule has 40 heteroatoms. The summed E-state index contributed by atoms with van der Waals surface area (Å²) in [6.45, 7) is 8.25. The second-order valence-corrected chi connectivity index (χ2v) is 29.0. The van der Waals surface area contributed by atoms with Crippen molar-refractivity contribution in [3.05, 3.63) is 117 Å². The average molecular weight is 1560 g/mol. The number of carbonyl (C=O) groups is 8. The van der Waals surface area contributed by atoms with Crippen LogP contribution < -0.4 is 74.7 Å². The normalized spacial score (nSPS) is 28.3. The summed E-state index contributed by atoms with van der Waals surface area (Å²) < 4.78 is 40.4. The van der Waals surface area contributed by atoms with Gasteiger partial charge >= 0.3 is 5.97 Å². The number of carboxylic acids is 1. The van der Waals surface area contributed by atoms with E-state index in [4.69, 9.17) is 74.8 Å². The number of halogens is 2. The lowest BCUT2D eigenvalue weighted by molar-refractivity contribution is -0.329. The molecular weight excluding hydrogens is 1480 g/mol. The van der Waals surface area contributed by atoms with Crippen molar-refractivity contribution in [3.63, 3.8) is 0 Å². The van der Waals surface area contributed by atoms with Gasteiger partial charge in [0.05, 0.1) is 34.8 Å². The van der Waals surface area contributed by atoms with Crippen LogP contribution in [0.25, 0.3) is 11.1 Å². The van der Waals surface area contributed by atoms with Crippen molar-refractivity contribution in [2.75, 3.05) is 17.0 Å². The van der Waals surface area contributed by atoms with Crippen LogP contribution in [0, 0.1) is 11.8 Å². The summed E-state index contributed by atoms with van der Waals surface area (Å²) in [5, 5.41) is 127. The number of hydrogen-bond donors (Lipinski definition) is 20. The number of aliphatic carboxylic acids is 1. The maximum atomic E-state index is 16.2. The van der Waals surface area contributed by atoms with E-state index >= 15 is 14.4 Å². The summed E-state index contributed by atoms with van der Waals surface area (Å²) in [7, 11) is 0. The monoisotopic (exact) mass is 1560 g/mol. The number of nitrogen functional groups attached to an aromatic ring is 2. The molecule has 0 radical (unpaired) electrons. The molecular formula is C68H78Cl2N14O23S. The van der Waals surface area contributed by atoms with Crippen molar-refractivity contribution in [2.24, 2.45) is 29.1 Å². The number of fused-ring (bicyclic) bond motifs is 15. The smallest absolute Gasteiger partial charge is 0.330 e. The van der Waals surface area contributed by atoms with Gasteiger partial charge in [-0.1, -0.05) is 73.9 Å². The molecule has 10 unspecified atom stereocenters. The molecule has 7 aliphatic rings. The lowest BCUT2D eigenvalue weighted by Gasteiger charge is -2.47. The predicted octanol–water partition coefficient (Wildman–Crippen LogP) is 0.545. The molecule has 37 nitrogen and oxygen atoms in total. The van der Waals surface area contributed by atoms with Crippen molar-refractivity contribution < 1.29 is 113 Å². The minimum atomic E-state index is -2.36. The molecule has 18 atom stereocenters. The molecule has 6 aromatic rings. The van der Waals surface area contributed by atoms with Crippen LogP contribution in [0.2, 0.25) is 10.0 Å². The lowest BCUT2D eigenvalue weighted by Crippen LogP contribution is -2.64. The van der Waals surface area contributed by atoms with E-state index in [9.17, 15) is 69.9 Å². The van der Waals surface area contributed by atoms with Gasteiger partial charge in [-0.25, -0.2) is 15.3 Å². The van der Waals surface area contributed by atoms with Gasteiger partial charge in [-0.2, -0.15) is 0 Å². The number of amides is 7. The van der Waals surface area contributed by atoms with E-state index in [1.807, 2.05) is 13.8 Å². The van der Waals surface area contributed by atoms with Crippen LogP contribution in [0.3, 0.4) is 0 Å². The Hall–Kier alpha value is -10.1. The topological polar surface area (TPSA) is 593 Å². The standard InChI is InChI=1S/C68H78Cl2N14O23S/c1-23(2)12-24(3)58(94)79-49-51(89)27-7-10-38(33(69)14-27)103-40-16-29-17-41(55(40)107-65-56(106-44-21-68(5,72)57(93)25(4)102-44)54(92)53(91)42(105-65)22-108-67-83-82-66(81-73)84(67)74)104-39-11-8-28(15-34(39)70)52(90)50-63(99)78-48(64(100)101)32-18-30(85)19-37(87)45(32)31-13-26(6-9-36(31)86)46(60(96)80-50)77-61(97)47(29)76-59(95)35(20-43(71)88)75-62(49)98/h6-11,13-19,23-25,35,42,44,46-54,56-57,65,85-87,89-93H,12,20-22,72-74H2,1-5H3,(H2,71,88)(H,75,98)(H,76,95)(H,77,97)(H,78,99)(H,79,94)(H,80,96)(H,81,82)(H,100,101)/t24-,25?,35+,42?,44?,46?,47-,48-,49-,50+,51-,52-,53?,54?,56?,57?,65?,68?/m1/s1. The number of thioether (sulfide) groups is 1. The third kappa shape index (κ3) is 16.6. The Kier molecular flexibility index (Phi) is 23.4. The zero-order chi connectivity index (χ0) is 78.4. The van der Waals surface area contributed by atoms with E-state index < -0.39 is 230 Å². The Morgan fingerprint density at radius 3 is 1.96 bits per heavy atom. The molecule has 578 valence electrons. The summed E-state index contributed by atoms with van der Waals surface area (Å²) in [5.74, 6) is -5.30. The second kappa shape index (κ2) is 32.0. The van der Waals surface area contributed by atoms with Crippen LogP contribution >= 0.6 is 35.0 Å². The fraction of sp³-hybridized carbons (Fsp3) is 0.412. The van der Waals surface area contributed by atoms with Gasteiger partial charge in [0.25, 0.3) is 5.95 Å². The van der Waals surface area contributed by atoms with Crippen LogP contribution in [0.5, 0.6) is 46.0 Å². The van der Waals surface area contributed by atoms with Crippen LogP contribution in [0.1, 0.15) is 112 Å². The number of benzene rings is 5. The van der Waals surface area contributed by atoms with Gasteiger partial charge in [0, 0.05) is 46.4 Å². The highest BCUT2D eigenvalue weighted by atomic mass is 35.5. The molecule has 11 bridgehead atoms. The first-order valence-electron chi connectivity index (χ1n) is 33.5. The largest absolute Gasteiger partial charge is 0.508 e. The number of carbonyl (C=O) groups excluding carboxylic acids is 7. The lowest BCUT2D eigenvalue weighted by atomic mass is 9.86. The summed E-state index contributed by atoms with van der Waals surface area (Å²) >= 11 is 15.1. The quantitative estimate of drug-likeness (QED) is 0.0379. The third-order valence-electron chi connectivity index (χ3n) is 18.7. The van der Waals surface area contributed by atoms with Gasteiger partial charge in [-0.15, -0.1) is 10.2 Å². The second-order valence-electron chi connectivity index (χ2n) is 27.2. The number of aliphatic hydroxyl groups is 5.